The third-order valence-electron chi connectivity index (χ3n) is 9.06. The molecule has 6 rings (SSSR count). The van der Waals surface area contributed by atoms with Crippen LogP contribution in [0.4, 0.5) is 10.1 Å². The van der Waals surface area contributed by atoms with Crippen molar-refractivity contribution in [2.45, 2.75) is 39.8 Å². The topological polar surface area (TPSA) is 123 Å². The average molecular weight is 703 g/mol. The largest absolute Gasteiger partial charge is 0.461 e. The van der Waals surface area contributed by atoms with Crippen LogP contribution >= 0.6 is 0 Å². The molecule has 0 bridgehead atoms. The van der Waals surface area contributed by atoms with Gasteiger partial charge in [-0.05, 0) is 84.8 Å². The molecule has 1 N–H and O–H groups in total. The number of nitrogens with one attached hydrogen (secondary N) is 1. The maximum Gasteiger partial charge on any atom is 0.355 e. The molecule has 1 aliphatic heterocycles. The molecule has 0 aliphatic carbocycles. The molecule has 3 aromatic carbocycles. The van der Waals surface area contributed by atoms with Gasteiger partial charge < -0.3 is 19.4 Å². The highest BCUT2D eigenvalue weighted by Crippen LogP contribution is 2.33. The number of benzene rings is 3. The number of fused-ring (bicyclic) bond motifs is 1. The molecule has 5 aromatic rings. The molecule has 13 heteroatoms. The third kappa shape index (κ3) is 8.23. The fraction of sp³-hybridized carbons (Fsp3) is 0.378. The van der Waals surface area contributed by atoms with E-state index < -0.39 is 22.7 Å². The predicted octanol–water partition coefficient (Wildman–Crippen LogP) is 5.94. The number of rotatable bonds is 14. The summed E-state index contributed by atoms with van der Waals surface area (Å²) in [5.41, 5.74) is 5.39. The van der Waals surface area contributed by atoms with E-state index in [4.69, 9.17) is 9.47 Å². The van der Waals surface area contributed by atoms with Crippen molar-refractivity contribution in [3.63, 3.8) is 0 Å². The number of carbonyl (C=O) groups is 1. The minimum atomic E-state index is -2.84. The summed E-state index contributed by atoms with van der Waals surface area (Å²) < 4.78 is 53.2. The van der Waals surface area contributed by atoms with Crippen molar-refractivity contribution < 1.29 is 27.1 Å². The van der Waals surface area contributed by atoms with Gasteiger partial charge in [-0.3, -0.25) is 8.99 Å². The van der Waals surface area contributed by atoms with Gasteiger partial charge in [0.25, 0.3) is 0 Å². The van der Waals surface area contributed by atoms with Crippen molar-refractivity contribution in [1.82, 2.24) is 24.9 Å². The van der Waals surface area contributed by atoms with E-state index >= 15 is 0 Å². The second kappa shape index (κ2) is 16.0. The number of methoxy groups -OCH3 is 1. The number of thiol groups is 1. The normalized spacial score (nSPS) is 14.2. The van der Waals surface area contributed by atoms with E-state index in [1.54, 1.807) is 24.1 Å². The first-order valence-electron chi connectivity index (χ1n) is 16.9. The number of aromatic amines is 1. The summed E-state index contributed by atoms with van der Waals surface area (Å²) in [7, 11) is -1.21. The molecule has 11 nitrogen and oxygen atoms in total. The smallest absolute Gasteiger partial charge is 0.355 e. The first-order chi connectivity index (χ1) is 24.2. The molecular weight excluding hydrogens is 660 g/mol. The Morgan fingerprint density at radius 3 is 2.58 bits per heavy atom. The summed E-state index contributed by atoms with van der Waals surface area (Å²) in [6.45, 7) is 7.79. The SMILES string of the molecule is COCc1cc(N(CCN2CCC(Cn3cc(-c4c(C(=O)OCC(C)C)[nH]c5ccc(F)cc45)nn3)CC2)[SH](=O)=O)ccc1-c1ccccc1. The van der Waals surface area contributed by atoms with Crippen LogP contribution in [0.5, 0.6) is 0 Å². The van der Waals surface area contributed by atoms with Crippen LogP contribution in [0.25, 0.3) is 33.3 Å². The van der Waals surface area contributed by atoms with Crippen LogP contribution < -0.4 is 4.31 Å². The summed E-state index contributed by atoms with van der Waals surface area (Å²) in [5, 5.41) is 9.27. The number of likely N-dealkylation sites (tertiary alicyclic amines) is 1. The Bertz CT molecular complexity index is 1990. The van der Waals surface area contributed by atoms with Crippen LogP contribution in [0.3, 0.4) is 0 Å². The van der Waals surface area contributed by atoms with Crippen molar-refractivity contribution in [1.29, 1.82) is 0 Å². The maximum absolute atomic E-state index is 14.3. The molecule has 1 aliphatic rings. The first-order valence-corrected chi connectivity index (χ1v) is 18.0. The van der Waals surface area contributed by atoms with Crippen LogP contribution in [0.2, 0.25) is 0 Å². The van der Waals surface area contributed by atoms with Crippen molar-refractivity contribution in [2.24, 2.45) is 11.8 Å². The van der Waals surface area contributed by atoms with Crippen LogP contribution in [0.15, 0.2) is 72.9 Å². The third-order valence-corrected chi connectivity index (χ3v) is 9.88. The Labute approximate surface area is 293 Å². The van der Waals surface area contributed by atoms with Crippen LogP contribution in [0.1, 0.15) is 42.7 Å². The van der Waals surface area contributed by atoms with Gasteiger partial charge in [-0.2, -0.15) is 0 Å². The Morgan fingerprint density at radius 2 is 1.86 bits per heavy atom. The van der Waals surface area contributed by atoms with E-state index in [1.807, 2.05) is 62.4 Å². The number of halogens is 1. The first kappa shape index (κ1) is 35.2. The highest BCUT2D eigenvalue weighted by molar-refractivity contribution is 7.74. The molecule has 3 heterocycles. The fourth-order valence-corrected chi connectivity index (χ4v) is 7.08. The standard InChI is InChI=1S/C37H43FN6O5S/c1-25(2)23-49-37(45)36-35(32-20-29(38)9-12-33(32)39-36)34-22-43(41-40-34)21-26-13-15-42(16-14-26)17-18-44(50(46)47)30-10-11-31(28(19-30)24-48-3)27-7-5-4-6-8-27/h4-12,19-20,22,25-26,39,50H,13-18,21,23-24H2,1-3H3. The number of hydrogen-bond donors (Lipinski definition) is 2. The zero-order valence-corrected chi connectivity index (χ0v) is 29.4. The number of H-pyrrole nitrogens is 1. The van der Waals surface area contributed by atoms with Crippen LogP contribution in [-0.2, 0) is 33.5 Å². The summed E-state index contributed by atoms with van der Waals surface area (Å²) in [6.07, 6.45) is 3.61. The Hall–Kier alpha value is -4.59. The van der Waals surface area contributed by atoms with Gasteiger partial charge in [0.05, 0.1) is 25.1 Å². The molecule has 0 spiro atoms. The lowest BCUT2D eigenvalue weighted by Gasteiger charge is -2.33. The van der Waals surface area contributed by atoms with Gasteiger partial charge >= 0.3 is 5.97 Å². The van der Waals surface area contributed by atoms with E-state index in [-0.39, 0.29) is 18.2 Å². The zero-order chi connectivity index (χ0) is 35.2. The molecule has 0 unspecified atom stereocenters. The number of aromatic nitrogens is 4. The minimum Gasteiger partial charge on any atom is -0.461 e. The molecule has 2 aromatic heterocycles. The summed E-state index contributed by atoms with van der Waals surface area (Å²) in [4.78, 5) is 18.4. The van der Waals surface area contributed by atoms with Gasteiger partial charge in [0.15, 0.2) is 0 Å². The van der Waals surface area contributed by atoms with Crippen molar-refractivity contribution in [3.05, 3.63) is 90.0 Å². The van der Waals surface area contributed by atoms with E-state index in [1.165, 1.54) is 16.4 Å². The van der Waals surface area contributed by atoms with Gasteiger partial charge in [-0.25, -0.2) is 17.6 Å². The van der Waals surface area contributed by atoms with Gasteiger partial charge in [-0.15, -0.1) is 5.10 Å². The van der Waals surface area contributed by atoms with Gasteiger partial charge in [0.2, 0.25) is 10.9 Å². The predicted molar refractivity (Wildman–Crippen MR) is 192 cm³/mol. The zero-order valence-electron chi connectivity index (χ0n) is 28.5. The number of carbonyl (C=O) groups excluding carboxylic acids is 1. The van der Waals surface area contributed by atoms with Crippen LogP contribution in [-0.4, -0.2) is 79.2 Å². The molecule has 50 heavy (non-hydrogen) atoms. The van der Waals surface area contributed by atoms with Gasteiger partial charge in [-0.1, -0.05) is 55.5 Å². The number of hydrogen-bond acceptors (Lipinski definition) is 8. The molecule has 0 atom stereocenters. The number of anilines is 1. The van der Waals surface area contributed by atoms with Gasteiger partial charge in [0.1, 0.15) is 17.2 Å². The van der Waals surface area contributed by atoms with Crippen LogP contribution in [0, 0.1) is 17.7 Å². The Morgan fingerprint density at radius 1 is 1.08 bits per heavy atom. The average Bonchev–Trinajstić information content (AvgIpc) is 3.72. The fourth-order valence-electron chi connectivity index (χ4n) is 6.51. The number of esters is 1. The van der Waals surface area contributed by atoms with Gasteiger partial charge in [0, 0.05) is 43.2 Å². The molecule has 264 valence electrons. The highest BCUT2D eigenvalue weighted by Gasteiger charge is 2.25. The molecule has 1 fully saturated rings. The summed E-state index contributed by atoms with van der Waals surface area (Å²) in [6, 6.07) is 20.0. The number of piperidine rings is 1. The molecule has 0 amide bonds. The monoisotopic (exact) mass is 702 g/mol. The number of ether oxygens (including phenoxy) is 2. The lowest BCUT2D eigenvalue weighted by Crippen LogP contribution is -2.40. The lowest BCUT2D eigenvalue weighted by atomic mass is 9.97. The summed E-state index contributed by atoms with van der Waals surface area (Å²) in [5.74, 6) is -0.433. The van der Waals surface area contributed by atoms with E-state index in [0.717, 1.165) is 42.6 Å². The van der Waals surface area contributed by atoms with Crippen molar-refractivity contribution in [2.75, 3.05) is 44.2 Å². The van der Waals surface area contributed by atoms with Crippen molar-refractivity contribution in [3.8, 4) is 22.4 Å². The molecule has 0 radical (unpaired) electrons. The second-order valence-corrected chi connectivity index (χ2v) is 14.1. The van der Waals surface area contributed by atoms with E-state index in [0.29, 0.717) is 60.0 Å². The minimum absolute atomic E-state index is 0.165. The second-order valence-electron chi connectivity index (χ2n) is 13.2. The lowest BCUT2D eigenvalue weighted by molar-refractivity contribution is 0.0454. The van der Waals surface area contributed by atoms with E-state index in [9.17, 15) is 17.6 Å². The summed E-state index contributed by atoms with van der Waals surface area (Å²) >= 11 is 0. The van der Waals surface area contributed by atoms with Crippen molar-refractivity contribution >= 4 is 33.4 Å². The maximum atomic E-state index is 14.3. The molecule has 1 saturated heterocycles. The Balaban J connectivity index is 1.08. The molecule has 0 saturated carbocycles. The highest BCUT2D eigenvalue weighted by atomic mass is 32.2. The quantitative estimate of drug-likeness (QED) is 0.108. The Kier molecular flexibility index (Phi) is 11.3. The van der Waals surface area contributed by atoms with E-state index in [2.05, 4.69) is 20.2 Å². The molecular formula is C37H43FN6O5S. The number of nitrogens with zero attached hydrogens (tertiary/aromatic N) is 5.